The van der Waals surface area contributed by atoms with Crippen molar-refractivity contribution in [3.63, 3.8) is 0 Å². The van der Waals surface area contributed by atoms with Crippen molar-refractivity contribution in [3.8, 4) is 0 Å². The lowest BCUT2D eigenvalue weighted by molar-refractivity contribution is -0.134. The average molecular weight is 325 g/mol. The number of hydrogen-bond donors (Lipinski definition) is 1. The van der Waals surface area contributed by atoms with Gasteiger partial charge in [-0.05, 0) is 18.4 Å². The van der Waals surface area contributed by atoms with Gasteiger partial charge in [-0.3, -0.25) is 4.79 Å². The summed E-state index contributed by atoms with van der Waals surface area (Å²) in [6.45, 7) is 5.75. The number of amides is 1. The number of nitrogens with zero attached hydrogens (tertiary/aromatic N) is 1. The maximum absolute atomic E-state index is 12.7. The number of halogens is 1. The summed E-state index contributed by atoms with van der Waals surface area (Å²) in [6.07, 6.45) is 4.22. The third-order valence-corrected chi connectivity index (χ3v) is 4.65. The fraction of sp³-hybridized carbons (Fsp3) is 0.611. The quantitative estimate of drug-likeness (QED) is 0.869. The van der Waals surface area contributed by atoms with E-state index in [0.717, 1.165) is 32.2 Å². The van der Waals surface area contributed by atoms with E-state index in [-0.39, 0.29) is 30.3 Å². The fourth-order valence-corrected chi connectivity index (χ4v) is 3.27. The highest BCUT2D eigenvalue weighted by Crippen LogP contribution is 2.28. The fourth-order valence-electron chi connectivity index (χ4n) is 3.27. The van der Waals surface area contributed by atoms with E-state index in [0.29, 0.717) is 12.5 Å². The van der Waals surface area contributed by atoms with Crippen LogP contribution in [0.25, 0.3) is 0 Å². The molecular formula is C18H29ClN2O. The molecule has 1 fully saturated rings. The summed E-state index contributed by atoms with van der Waals surface area (Å²) in [6, 6.07) is 10.4. The van der Waals surface area contributed by atoms with E-state index < -0.39 is 0 Å². The second-order valence-electron chi connectivity index (χ2n) is 6.17. The Balaban J connectivity index is 0.00000242. The molecule has 1 aliphatic heterocycles. The van der Waals surface area contributed by atoms with Crippen LogP contribution in [0.1, 0.15) is 51.0 Å². The largest absolute Gasteiger partial charge is 0.340 e. The third-order valence-electron chi connectivity index (χ3n) is 4.65. The molecule has 0 saturated carbocycles. The molecular weight excluding hydrogens is 296 g/mol. The molecule has 3 nitrogen and oxygen atoms in total. The van der Waals surface area contributed by atoms with Crippen molar-refractivity contribution in [1.29, 1.82) is 0 Å². The predicted octanol–water partition coefficient (Wildman–Crippen LogP) is 3.58. The van der Waals surface area contributed by atoms with Crippen LogP contribution in [0, 0.1) is 5.92 Å². The highest BCUT2D eigenvalue weighted by atomic mass is 35.5. The molecule has 1 aromatic rings. The van der Waals surface area contributed by atoms with Gasteiger partial charge in [0.25, 0.3) is 0 Å². The molecule has 0 radical (unpaired) electrons. The van der Waals surface area contributed by atoms with Gasteiger partial charge in [-0.1, -0.05) is 57.0 Å². The smallest absolute Gasteiger partial charge is 0.225 e. The lowest BCUT2D eigenvalue weighted by Gasteiger charge is -2.22. The number of carbonyl (C=O) groups excluding carboxylic acids is 1. The molecule has 124 valence electrons. The second-order valence-corrected chi connectivity index (χ2v) is 6.17. The molecule has 2 rings (SSSR count). The lowest BCUT2D eigenvalue weighted by Crippen LogP contribution is -2.36. The van der Waals surface area contributed by atoms with Crippen LogP contribution in [0.4, 0.5) is 0 Å². The number of likely N-dealkylation sites (tertiary alicyclic amines) is 1. The topological polar surface area (TPSA) is 46.3 Å². The summed E-state index contributed by atoms with van der Waals surface area (Å²) < 4.78 is 0. The van der Waals surface area contributed by atoms with Gasteiger partial charge in [-0.15, -0.1) is 12.4 Å². The first-order valence-electron chi connectivity index (χ1n) is 8.26. The first-order chi connectivity index (χ1) is 10.2. The van der Waals surface area contributed by atoms with Crippen molar-refractivity contribution in [3.05, 3.63) is 35.9 Å². The SMILES string of the molecule is CCCCC(CC)C(=O)N1C[C@@H](N)[C@H](c2ccccc2)C1.Cl. The zero-order valence-corrected chi connectivity index (χ0v) is 14.5. The first kappa shape index (κ1) is 19.0. The van der Waals surface area contributed by atoms with Crippen molar-refractivity contribution >= 4 is 18.3 Å². The standard InChI is InChI=1S/C18H28N2O.ClH/c1-3-5-9-14(4-2)18(21)20-12-16(17(19)13-20)15-10-7-6-8-11-15;/h6-8,10-11,14,16-17H,3-5,9,12-13,19H2,1-2H3;1H/t14?,16-,17+;/m0./s1. The Morgan fingerprint density at radius 3 is 2.55 bits per heavy atom. The van der Waals surface area contributed by atoms with Gasteiger partial charge in [0.2, 0.25) is 5.91 Å². The summed E-state index contributed by atoms with van der Waals surface area (Å²) in [5, 5.41) is 0. The molecule has 22 heavy (non-hydrogen) atoms. The Morgan fingerprint density at radius 1 is 1.27 bits per heavy atom. The van der Waals surface area contributed by atoms with E-state index in [2.05, 4.69) is 26.0 Å². The Morgan fingerprint density at radius 2 is 1.95 bits per heavy atom. The van der Waals surface area contributed by atoms with Crippen molar-refractivity contribution in [1.82, 2.24) is 4.90 Å². The Bertz CT molecular complexity index is 452. The van der Waals surface area contributed by atoms with Crippen LogP contribution in [0.15, 0.2) is 30.3 Å². The number of nitrogens with two attached hydrogens (primary N) is 1. The third kappa shape index (κ3) is 4.47. The Kier molecular flexibility index (Phi) is 7.91. The number of rotatable bonds is 6. The highest BCUT2D eigenvalue weighted by molar-refractivity contribution is 5.85. The van der Waals surface area contributed by atoms with Crippen molar-refractivity contribution in [2.45, 2.75) is 51.5 Å². The van der Waals surface area contributed by atoms with E-state index in [1.165, 1.54) is 5.56 Å². The molecule has 1 amide bonds. The lowest BCUT2D eigenvalue weighted by atomic mass is 9.95. The zero-order chi connectivity index (χ0) is 15.2. The van der Waals surface area contributed by atoms with Gasteiger partial charge in [-0.2, -0.15) is 0 Å². The van der Waals surface area contributed by atoms with Gasteiger partial charge in [0.15, 0.2) is 0 Å². The highest BCUT2D eigenvalue weighted by Gasteiger charge is 2.35. The number of carbonyl (C=O) groups is 1. The van der Waals surface area contributed by atoms with Gasteiger partial charge in [-0.25, -0.2) is 0 Å². The molecule has 2 N–H and O–H groups in total. The maximum atomic E-state index is 12.7. The normalized spacial score (nSPS) is 22.2. The van der Waals surface area contributed by atoms with Crippen LogP contribution in [0.3, 0.4) is 0 Å². The molecule has 1 aliphatic rings. The summed E-state index contributed by atoms with van der Waals surface area (Å²) in [4.78, 5) is 14.7. The van der Waals surface area contributed by atoms with Crippen LogP contribution in [0.2, 0.25) is 0 Å². The van der Waals surface area contributed by atoms with Crippen LogP contribution >= 0.6 is 12.4 Å². The number of hydrogen-bond acceptors (Lipinski definition) is 2. The minimum absolute atomic E-state index is 0. The van der Waals surface area contributed by atoms with Crippen molar-refractivity contribution in [2.75, 3.05) is 13.1 Å². The summed E-state index contributed by atoms with van der Waals surface area (Å²) in [5.41, 5.74) is 7.54. The molecule has 0 bridgehead atoms. The first-order valence-corrected chi connectivity index (χ1v) is 8.26. The molecule has 3 atom stereocenters. The monoisotopic (exact) mass is 324 g/mol. The minimum atomic E-state index is 0. The van der Waals surface area contributed by atoms with Gasteiger partial charge in [0.05, 0.1) is 0 Å². The average Bonchev–Trinajstić information content (AvgIpc) is 2.90. The molecule has 4 heteroatoms. The molecule has 0 aliphatic carbocycles. The summed E-state index contributed by atoms with van der Waals surface area (Å²) >= 11 is 0. The molecule has 1 aromatic carbocycles. The van der Waals surface area contributed by atoms with E-state index in [4.69, 9.17) is 5.73 Å². The van der Waals surface area contributed by atoms with Crippen LogP contribution in [-0.2, 0) is 4.79 Å². The summed E-state index contributed by atoms with van der Waals surface area (Å²) in [5.74, 6) is 0.755. The summed E-state index contributed by atoms with van der Waals surface area (Å²) in [7, 11) is 0. The number of benzene rings is 1. The van der Waals surface area contributed by atoms with Gasteiger partial charge >= 0.3 is 0 Å². The van der Waals surface area contributed by atoms with Crippen LogP contribution < -0.4 is 5.73 Å². The van der Waals surface area contributed by atoms with Crippen LogP contribution in [-0.4, -0.2) is 29.9 Å². The van der Waals surface area contributed by atoms with Gasteiger partial charge in [0, 0.05) is 31.0 Å². The second kappa shape index (κ2) is 9.16. The maximum Gasteiger partial charge on any atom is 0.225 e. The van der Waals surface area contributed by atoms with Crippen LogP contribution in [0.5, 0.6) is 0 Å². The zero-order valence-electron chi connectivity index (χ0n) is 13.7. The van der Waals surface area contributed by atoms with E-state index in [1.54, 1.807) is 0 Å². The van der Waals surface area contributed by atoms with E-state index in [1.807, 2.05) is 23.1 Å². The number of unbranched alkanes of at least 4 members (excludes halogenated alkanes) is 1. The molecule has 1 heterocycles. The Labute approximate surface area is 140 Å². The van der Waals surface area contributed by atoms with E-state index >= 15 is 0 Å². The van der Waals surface area contributed by atoms with Crippen molar-refractivity contribution < 1.29 is 4.79 Å². The van der Waals surface area contributed by atoms with Gasteiger partial charge < -0.3 is 10.6 Å². The predicted molar refractivity (Wildman–Crippen MR) is 94.3 cm³/mol. The van der Waals surface area contributed by atoms with Gasteiger partial charge in [0.1, 0.15) is 0 Å². The van der Waals surface area contributed by atoms with Crippen molar-refractivity contribution in [2.24, 2.45) is 11.7 Å². The minimum Gasteiger partial charge on any atom is -0.340 e. The van der Waals surface area contributed by atoms with E-state index in [9.17, 15) is 4.79 Å². The molecule has 1 unspecified atom stereocenters. The molecule has 1 saturated heterocycles. The molecule has 0 aromatic heterocycles. The Hall–Kier alpha value is -1.06. The molecule has 0 spiro atoms.